The number of hydrogen-bond donors (Lipinski definition) is 0. The highest BCUT2D eigenvalue weighted by Gasteiger charge is 2.41. The molecule has 1 fully saturated rings. The smallest absolute Gasteiger partial charge is 0.416 e. The zero-order valence-corrected chi connectivity index (χ0v) is 21.6. The number of nitriles is 1. The minimum absolute atomic E-state index is 0.0993. The van der Waals surface area contributed by atoms with Gasteiger partial charge in [0, 0.05) is 12.1 Å². The van der Waals surface area contributed by atoms with Crippen molar-refractivity contribution in [3.63, 3.8) is 0 Å². The van der Waals surface area contributed by atoms with Gasteiger partial charge in [0.15, 0.2) is 17.3 Å². The second-order valence-corrected chi connectivity index (χ2v) is 10.1. The fourth-order valence-corrected chi connectivity index (χ4v) is 5.30. The van der Waals surface area contributed by atoms with Gasteiger partial charge >= 0.3 is 12.4 Å². The molecule has 1 saturated heterocycles. The first-order valence-corrected chi connectivity index (χ1v) is 12.7. The monoisotopic (exact) mass is 591 g/mol. The number of thiazole rings is 1. The molecule has 0 N–H and O–H groups in total. The Labute approximate surface area is 227 Å². The van der Waals surface area contributed by atoms with Crippen molar-refractivity contribution in [2.24, 2.45) is 5.92 Å². The minimum Gasteiger partial charge on any atom is -0.492 e. The predicted molar refractivity (Wildman–Crippen MR) is 129 cm³/mol. The molecule has 2 aromatic carbocycles. The van der Waals surface area contributed by atoms with Gasteiger partial charge in [-0.15, -0.1) is 11.3 Å². The predicted octanol–water partition coefficient (Wildman–Crippen LogP) is 7.34. The van der Waals surface area contributed by atoms with Gasteiger partial charge in [-0.05, 0) is 44.1 Å². The lowest BCUT2D eigenvalue weighted by Gasteiger charge is -2.32. The number of benzene rings is 2. The molecule has 0 amide bonds. The number of ether oxygens (including phenoxy) is 2. The Bertz CT molecular complexity index is 1390. The van der Waals surface area contributed by atoms with Gasteiger partial charge in [0.05, 0.1) is 29.2 Å². The lowest BCUT2D eigenvalue weighted by molar-refractivity contribution is -0.185. The molecule has 4 rings (SSSR count). The van der Waals surface area contributed by atoms with E-state index < -0.39 is 53.6 Å². The molecule has 0 unspecified atom stereocenters. The summed E-state index contributed by atoms with van der Waals surface area (Å²) in [5.74, 6) is -5.12. The Morgan fingerprint density at radius 1 is 1.05 bits per heavy atom. The van der Waals surface area contributed by atoms with E-state index >= 15 is 0 Å². The van der Waals surface area contributed by atoms with Crippen LogP contribution in [0, 0.1) is 28.9 Å². The van der Waals surface area contributed by atoms with E-state index in [-0.39, 0.29) is 38.0 Å². The number of hydrogen-bond acceptors (Lipinski definition) is 6. The van der Waals surface area contributed by atoms with Crippen molar-refractivity contribution in [1.82, 2.24) is 9.88 Å². The number of likely N-dealkylation sites (tertiary alicyclic amines) is 1. The van der Waals surface area contributed by atoms with Crippen LogP contribution < -0.4 is 9.47 Å². The summed E-state index contributed by atoms with van der Waals surface area (Å²) in [4.78, 5) is 6.61. The average Bonchev–Trinajstić information content (AvgIpc) is 3.30. The lowest BCUT2D eigenvalue weighted by Crippen LogP contribution is -2.38. The average molecular weight is 592 g/mol. The first-order valence-electron chi connectivity index (χ1n) is 11.9. The highest BCUT2D eigenvalue weighted by atomic mass is 32.1. The zero-order chi connectivity index (χ0) is 29.2. The molecule has 0 radical (unpaired) electrons. The molecule has 0 spiro atoms. The number of rotatable bonds is 7. The van der Waals surface area contributed by atoms with Gasteiger partial charge in [-0.1, -0.05) is 12.1 Å². The van der Waals surface area contributed by atoms with Gasteiger partial charge in [0.2, 0.25) is 5.82 Å². The Kier molecular flexibility index (Phi) is 8.55. The van der Waals surface area contributed by atoms with Crippen molar-refractivity contribution in [2.45, 2.75) is 38.3 Å². The third-order valence-electron chi connectivity index (χ3n) is 6.46. The van der Waals surface area contributed by atoms with Crippen LogP contribution in [-0.2, 0) is 19.3 Å². The summed E-state index contributed by atoms with van der Waals surface area (Å²) >= 11 is 1.02. The normalized spacial score (nSPS) is 15.2. The van der Waals surface area contributed by atoms with Crippen LogP contribution in [0.25, 0.3) is 10.6 Å². The zero-order valence-electron chi connectivity index (χ0n) is 20.8. The first kappa shape index (κ1) is 29.5. The fourth-order valence-electron chi connectivity index (χ4n) is 4.31. The molecular formula is C26H21F8N3O2S. The van der Waals surface area contributed by atoms with E-state index in [4.69, 9.17) is 14.7 Å². The van der Waals surface area contributed by atoms with Gasteiger partial charge in [-0.3, -0.25) is 4.90 Å². The minimum atomic E-state index is -4.54. The van der Waals surface area contributed by atoms with Crippen molar-refractivity contribution in [2.75, 3.05) is 20.2 Å². The van der Waals surface area contributed by atoms with Crippen LogP contribution in [0.4, 0.5) is 35.1 Å². The molecule has 0 bridgehead atoms. The molecule has 14 heteroatoms. The molecule has 0 saturated carbocycles. The Balaban J connectivity index is 1.61. The first-order chi connectivity index (χ1) is 18.8. The summed E-state index contributed by atoms with van der Waals surface area (Å²) in [6.07, 6.45) is -9.04. The second kappa shape index (κ2) is 11.6. The standard InChI is InChI=1S/C26H21F8N3O2S/c1-38-22-15(11-35)10-18(27)23(21(22)28)39-13-20-19(12-37-8-6-17(7-9-37)26(32,33)34)36-24(40-20)14-2-4-16(5-3-14)25(29,30)31/h2-5,10,17H,6-9,12-13H2,1H3. The van der Waals surface area contributed by atoms with E-state index in [1.807, 2.05) is 0 Å². The van der Waals surface area contributed by atoms with Crippen LogP contribution in [0.3, 0.4) is 0 Å². The molecule has 5 nitrogen and oxygen atoms in total. The number of alkyl halides is 6. The number of piperidine rings is 1. The van der Waals surface area contributed by atoms with Crippen molar-refractivity contribution in [1.29, 1.82) is 5.26 Å². The molecule has 1 aliphatic rings. The van der Waals surface area contributed by atoms with Crippen molar-refractivity contribution < 1.29 is 44.6 Å². The molecule has 40 heavy (non-hydrogen) atoms. The topological polar surface area (TPSA) is 58.4 Å². The summed E-state index contributed by atoms with van der Waals surface area (Å²) in [5.41, 5.74) is -0.537. The number of methoxy groups -OCH3 is 1. The maximum absolute atomic E-state index is 14.8. The molecular weight excluding hydrogens is 570 g/mol. The molecule has 214 valence electrons. The van der Waals surface area contributed by atoms with Gasteiger partial charge < -0.3 is 9.47 Å². The number of aromatic nitrogens is 1. The SMILES string of the molecule is COc1c(C#N)cc(F)c(OCc2sc(-c3ccc(C(F)(F)F)cc3)nc2CN2CCC(C(F)(F)F)CC2)c1F. The van der Waals surface area contributed by atoms with E-state index in [0.717, 1.165) is 36.6 Å². The third-order valence-corrected chi connectivity index (χ3v) is 7.58. The largest absolute Gasteiger partial charge is 0.492 e. The third kappa shape index (κ3) is 6.47. The fraction of sp³-hybridized carbons (Fsp3) is 0.385. The molecule has 2 heterocycles. The maximum atomic E-state index is 14.8. The highest BCUT2D eigenvalue weighted by Crippen LogP contribution is 2.38. The van der Waals surface area contributed by atoms with Crippen LogP contribution in [-0.4, -0.2) is 36.3 Å². The Morgan fingerprint density at radius 2 is 1.70 bits per heavy atom. The van der Waals surface area contributed by atoms with E-state index in [0.29, 0.717) is 21.1 Å². The summed E-state index contributed by atoms with van der Waals surface area (Å²) in [5, 5.41) is 9.38. The van der Waals surface area contributed by atoms with Crippen LogP contribution in [0.2, 0.25) is 0 Å². The number of nitrogens with zero attached hydrogens (tertiary/aromatic N) is 3. The Hall–Kier alpha value is -3.44. The van der Waals surface area contributed by atoms with Crippen LogP contribution in [0.5, 0.6) is 11.5 Å². The van der Waals surface area contributed by atoms with Crippen LogP contribution >= 0.6 is 11.3 Å². The van der Waals surface area contributed by atoms with Crippen molar-refractivity contribution in [3.05, 3.63) is 63.7 Å². The van der Waals surface area contributed by atoms with Gasteiger partial charge in [-0.2, -0.15) is 36.0 Å². The van der Waals surface area contributed by atoms with Crippen LogP contribution in [0.15, 0.2) is 30.3 Å². The molecule has 1 aromatic heterocycles. The van der Waals surface area contributed by atoms with Gasteiger partial charge in [-0.25, -0.2) is 9.37 Å². The van der Waals surface area contributed by atoms with Crippen molar-refractivity contribution >= 4 is 11.3 Å². The van der Waals surface area contributed by atoms with Gasteiger partial charge in [0.1, 0.15) is 23.2 Å². The van der Waals surface area contributed by atoms with E-state index in [2.05, 4.69) is 4.98 Å². The Morgan fingerprint density at radius 3 is 2.25 bits per heavy atom. The molecule has 0 atom stereocenters. The highest BCUT2D eigenvalue weighted by molar-refractivity contribution is 7.15. The molecule has 3 aromatic rings. The van der Waals surface area contributed by atoms with E-state index in [1.54, 1.807) is 11.0 Å². The molecule has 1 aliphatic heterocycles. The van der Waals surface area contributed by atoms with E-state index in [9.17, 15) is 35.1 Å². The van der Waals surface area contributed by atoms with Gasteiger partial charge in [0.25, 0.3) is 0 Å². The van der Waals surface area contributed by atoms with Crippen molar-refractivity contribution in [3.8, 4) is 28.1 Å². The summed E-state index contributed by atoms with van der Waals surface area (Å²) in [6.45, 7) is -0.0427. The summed E-state index contributed by atoms with van der Waals surface area (Å²) in [6, 6.07) is 6.62. The van der Waals surface area contributed by atoms with E-state index in [1.165, 1.54) is 12.1 Å². The maximum Gasteiger partial charge on any atom is 0.416 e. The summed E-state index contributed by atoms with van der Waals surface area (Å²) < 4.78 is 118. The second-order valence-electron chi connectivity index (χ2n) is 9.04. The number of halogens is 8. The van der Waals surface area contributed by atoms with Crippen LogP contribution in [0.1, 0.15) is 34.5 Å². The summed E-state index contributed by atoms with van der Waals surface area (Å²) in [7, 11) is 1.10. The molecule has 0 aliphatic carbocycles. The quantitative estimate of drug-likeness (QED) is 0.269. The lowest BCUT2D eigenvalue weighted by atomic mass is 9.96.